The molecule has 13 nitrogen and oxygen atoms in total. The zero-order valence-electron chi connectivity index (χ0n) is 37.0. The molecule has 1 radical (unpaired) electrons. The molecule has 0 aliphatic carbocycles. The van der Waals surface area contributed by atoms with Gasteiger partial charge >= 0.3 is 103 Å². The van der Waals surface area contributed by atoms with Crippen LogP contribution in [0.4, 0.5) is 0 Å². The third-order valence-electron chi connectivity index (χ3n) is 8.82. The molecule has 53 heavy (non-hydrogen) atoms. The average molecular weight is 973 g/mol. The van der Waals surface area contributed by atoms with Crippen LogP contribution in [0.1, 0.15) is 0 Å². The number of hydrogen-bond donors (Lipinski definition) is 0. The molecule has 3 fully saturated rings. The summed E-state index contributed by atoms with van der Waals surface area (Å²) in [5.41, 5.74) is 0. The molecule has 0 spiro atoms. The van der Waals surface area contributed by atoms with Gasteiger partial charge in [-0.2, -0.15) is 0 Å². The highest BCUT2D eigenvalue weighted by Crippen LogP contribution is 2.41. The number of rotatable bonds is 9. The van der Waals surface area contributed by atoms with Gasteiger partial charge in [-0.25, -0.2) is 0 Å². The average Bonchev–Trinajstić information content (AvgIpc) is 2.76. The lowest BCUT2D eigenvalue weighted by Crippen LogP contribution is -2.66. The Labute approximate surface area is 336 Å². The highest BCUT2D eigenvalue weighted by Gasteiger charge is 2.57. The van der Waals surface area contributed by atoms with E-state index in [2.05, 4.69) is 137 Å². The summed E-state index contributed by atoms with van der Waals surface area (Å²) in [5, 5.41) is 0. The van der Waals surface area contributed by atoms with Gasteiger partial charge in [0, 0.05) is 0 Å². The Morgan fingerprint density at radius 1 is 0.264 bits per heavy atom. The van der Waals surface area contributed by atoms with Gasteiger partial charge < -0.3 is 49.4 Å². The van der Waals surface area contributed by atoms with Gasteiger partial charge in [-0.3, -0.25) is 4.80 Å². The number of hydrogen-bond acceptors (Lipinski definition) is 12. The fourth-order valence-corrected chi connectivity index (χ4v) is 83.0. The normalized spacial score (nSPS) is 30.7. The molecule has 3 rings (SSSR count). The van der Waals surface area contributed by atoms with Crippen molar-refractivity contribution in [2.45, 2.75) is 174 Å². The second kappa shape index (κ2) is 16.0. The molecule has 0 N–H and O–H groups in total. The quantitative estimate of drug-likeness (QED) is 0.204. The van der Waals surface area contributed by atoms with Gasteiger partial charge in [-0.1, -0.05) is 0 Å². The molecule has 3 heterocycles. The van der Waals surface area contributed by atoms with Crippen molar-refractivity contribution in [2.24, 2.45) is 0 Å². The van der Waals surface area contributed by atoms with E-state index in [0.717, 1.165) is 0 Å². The zero-order valence-corrected chi connectivity index (χ0v) is 50.0. The molecule has 3 saturated heterocycles. The third-order valence-corrected chi connectivity index (χ3v) is 63.0. The first kappa shape index (κ1) is 49.7. The van der Waals surface area contributed by atoms with Gasteiger partial charge in [0.05, 0.1) is 0 Å². The minimum atomic E-state index is -3.34. The van der Waals surface area contributed by atoms with Gasteiger partial charge in [-0.15, -0.1) is 0 Å². The van der Waals surface area contributed by atoms with Crippen LogP contribution in [-0.4, -0.2) is 111 Å². The monoisotopic (exact) mass is 971 g/mol. The molecule has 0 aromatic carbocycles. The van der Waals surface area contributed by atoms with Crippen LogP contribution in [0.15, 0.2) is 0 Å². The Bertz CT molecular complexity index is 1080. The Hall–Kier alpha value is 2.30. The van der Waals surface area contributed by atoms with E-state index in [1.807, 2.05) is 0 Å². The van der Waals surface area contributed by atoms with Crippen molar-refractivity contribution in [1.82, 2.24) is 0 Å². The highest BCUT2D eigenvalue weighted by atomic mass is 28.5. The first-order chi connectivity index (χ1) is 23.1. The molecule has 0 aromatic rings. The van der Waals surface area contributed by atoms with E-state index < -0.39 is 111 Å². The SMILES string of the molecule is C[Si]1(C)O[Si](C)(C)O[Si](C)(CC[Si]([O])(CC[Si]2(C)O[Si](C)(C)O[Si](C)(C)O[Si](C)(C)O2)CC[Si]2(C)O[Si](C)(C)O[Si](C)(C)O[Si](C)(C)O2)O[Si](C)(C)O1. The van der Waals surface area contributed by atoms with E-state index in [9.17, 15) is 0 Å². The third kappa shape index (κ3) is 16.4. The van der Waals surface area contributed by atoms with Gasteiger partial charge in [0.2, 0.25) is 8.32 Å². The Morgan fingerprint density at radius 3 is 0.547 bits per heavy atom. The maximum atomic E-state index is 15.8. The fraction of sp³-hybridized carbons (Fsp3) is 1.00. The molecule has 3 aliphatic heterocycles. The second-order valence-corrected chi connectivity index (χ2v) is 67.1. The highest BCUT2D eigenvalue weighted by molar-refractivity contribution is 6.96. The van der Waals surface area contributed by atoms with Gasteiger partial charge in [0.15, 0.2) is 0 Å². The first-order valence-corrected chi connectivity index (χ1v) is 54.7. The standard InChI is InChI=1S/C27H75O13Si13/c1-41(2)29-44(7,8)35-50(19,36-45(9,10)30-41)22-25-53(28,26-23-51(20)37-46(11,12)31-42(3,4)32-47(13,14)38-51)27-24-52(21)39-48(15,16)33-43(5,6)34-49(17,18)40-52/h22-27H2,1-21H3. The van der Waals surface area contributed by atoms with E-state index in [4.69, 9.17) is 49.4 Å². The van der Waals surface area contributed by atoms with Gasteiger partial charge in [0.1, 0.15) is 0 Å². The smallest absolute Gasteiger partial charge is 0.317 e. The minimum absolute atomic E-state index is 0.490. The minimum Gasteiger partial charge on any atom is -0.416 e. The van der Waals surface area contributed by atoms with Crippen molar-refractivity contribution < 1.29 is 54.2 Å². The maximum Gasteiger partial charge on any atom is 0.317 e. The van der Waals surface area contributed by atoms with Crippen molar-refractivity contribution >= 4 is 111 Å². The summed E-state index contributed by atoms with van der Waals surface area (Å²) in [6, 6.07) is 3.19. The van der Waals surface area contributed by atoms with E-state index in [-0.39, 0.29) is 0 Å². The van der Waals surface area contributed by atoms with Crippen molar-refractivity contribution in [3.63, 3.8) is 0 Å². The van der Waals surface area contributed by atoms with Crippen LogP contribution in [0.5, 0.6) is 0 Å². The molecule has 0 aromatic heterocycles. The molecule has 0 unspecified atom stereocenters. The van der Waals surface area contributed by atoms with Crippen LogP contribution in [0.2, 0.25) is 174 Å². The van der Waals surface area contributed by atoms with Crippen LogP contribution < -0.4 is 0 Å². The van der Waals surface area contributed by atoms with E-state index in [1.54, 1.807) is 0 Å². The summed E-state index contributed by atoms with van der Waals surface area (Å²) >= 11 is 0. The van der Waals surface area contributed by atoms with Crippen LogP contribution in [-0.2, 0) is 54.2 Å². The molecule has 26 heteroatoms. The second-order valence-electron chi connectivity index (χ2n) is 19.9. The van der Waals surface area contributed by atoms with Crippen LogP contribution in [0.3, 0.4) is 0 Å². The lowest BCUT2D eigenvalue weighted by Gasteiger charge is -2.49. The molecule has 0 saturated carbocycles. The van der Waals surface area contributed by atoms with Crippen LogP contribution in [0, 0.1) is 0 Å². The summed E-state index contributed by atoms with van der Waals surface area (Å²) < 4.78 is 81.6. The van der Waals surface area contributed by atoms with E-state index >= 15 is 4.80 Å². The molecule has 0 amide bonds. The Balaban J connectivity index is 1.98. The lowest BCUT2D eigenvalue weighted by atomic mass is 10.9. The van der Waals surface area contributed by atoms with Crippen LogP contribution in [0.25, 0.3) is 0 Å². The molecule has 3 aliphatic rings. The molecule has 0 bridgehead atoms. The first-order valence-electron chi connectivity index (χ1n) is 19.2. The summed E-state index contributed by atoms with van der Waals surface area (Å²) in [6.45, 7) is 43.6. The van der Waals surface area contributed by atoms with Crippen molar-refractivity contribution in [3.05, 3.63) is 0 Å². The summed E-state index contributed by atoms with van der Waals surface area (Å²) in [7, 11) is -35.1. The maximum absolute atomic E-state index is 15.8. The van der Waals surface area contributed by atoms with Crippen molar-refractivity contribution in [1.29, 1.82) is 0 Å². The Kier molecular flexibility index (Phi) is 15.0. The van der Waals surface area contributed by atoms with E-state index in [0.29, 0.717) is 36.3 Å². The summed E-state index contributed by atoms with van der Waals surface area (Å²) in [4.78, 5) is 15.8. The fourth-order valence-electron chi connectivity index (χ4n) is 8.97. The molecule has 313 valence electrons. The largest absolute Gasteiger partial charge is 0.416 e. The zero-order chi connectivity index (χ0) is 41.2. The van der Waals surface area contributed by atoms with Gasteiger partial charge in [0.25, 0.3) is 0 Å². The van der Waals surface area contributed by atoms with Crippen molar-refractivity contribution in [2.75, 3.05) is 0 Å². The summed E-state index contributed by atoms with van der Waals surface area (Å²) in [5.74, 6) is 0. The predicted octanol–water partition coefficient (Wildman–Crippen LogP) is 9.13. The Morgan fingerprint density at radius 2 is 0.396 bits per heavy atom. The lowest BCUT2D eigenvalue weighted by molar-refractivity contribution is 0.233. The summed E-state index contributed by atoms with van der Waals surface area (Å²) in [6.07, 6.45) is 0. The molecular weight excluding hydrogens is 897 g/mol. The molecule has 0 atom stereocenters. The van der Waals surface area contributed by atoms with Crippen molar-refractivity contribution in [3.8, 4) is 0 Å². The topological polar surface area (TPSA) is 131 Å². The molecular formula is C27H75O13Si13. The van der Waals surface area contributed by atoms with E-state index in [1.165, 1.54) is 0 Å². The predicted molar refractivity (Wildman–Crippen MR) is 240 cm³/mol. The van der Waals surface area contributed by atoms with Gasteiger partial charge in [-0.05, 0) is 174 Å². The van der Waals surface area contributed by atoms with Crippen LogP contribution >= 0.6 is 0 Å².